The van der Waals surface area contributed by atoms with E-state index in [0.717, 1.165) is 44.6 Å². The second kappa shape index (κ2) is 10.3. The molecule has 2 saturated carbocycles. The number of ketones is 1. The lowest BCUT2D eigenvalue weighted by molar-refractivity contribution is -0.120. The van der Waals surface area contributed by atoms with Gasteiger partial charge in [-0.1, -0.05) is 51.3 Å². The minimum Gasteiger partial charge on any atom is -0.347 e. The fourth-order valence-electron chi connectivity index (χ4n) is 6.12. The van der Waals surface area contributed by atoms with Crippen molar-refractivity contribution < 1.29 is 4.79 Å². The predicted molar refractivity (Wildman–Crippen MR) is 130 cm³/mol. The summed E-state index contributed by atoms with van der Waals surface area (Å²) in [4.78, 5) is 13.1. The van der Waals surface area contributed by atoms with Gasteiger partial charge in [-0.2, -0.15) is 0 Å². The monoisotopic (exact) mass is 422 g/mol. The Morgan fingerprint density at radius 2 is 1.71 bits per heavy atom. The summed E-state index contributed by atoms with van der Waals surface area (Å²) in [6.45, 7) is 5.69. The molecule has 2 aliphatic rings. The lowest BCUT2D eigenvalue weighted by Crippen LogP contribution is -2.27. The quantitative estimate of drug-likeness (QED) is 0.507. The topological polar surface area (TPSA) is 48.0 Å². The van der Waals surface area contributed by atoms with E-state index in [1.165, 1.54) is 48.6 Å². The molecule has 1 atom stereocenters. The molecule has 2 aliphatic carbocycles. The Bertz CT molecular complexity index is 853. The van der Waals surface area contributed by atoms with Crippen LogP contribution in [0, 0.1) is 17.8 Å². The summed E-state index contributed by atoms with van der Waals surface area (Å²) in [6, 6.07) is 9.20. The van der Waals surface area contributed by atoms with E-state index in [-0.39, 0.29) is 0 Å². The summed E-state index contributed by atoms with van der Waals surface area (Å²) >= 11 is 0. The molecule has 1 aromatic carbocycles. The van der Waals surface area contributed by atoms with Crippen LogP contribution in [0.1, 0.15) is 96.0 Å². The molecule has 0 radical (unpaired) electrons. The van der Waals surface area contributed by atoms with Gasteiger partial charge in [-0.25, -0.2) is 0 Å². The Labute approximate surface area is 188 Å². The lowest BCUT2D eigenvalue weighted by atomic mass is 9.79. The van der Waals surface area contributed by atoms with Gasteiger partial charge in [0.1, 0.15) is 5.78 Å². The molecular formula is C28H42N2O. The number of benzene rings is 1. The van der Waals surface area contributed by atoms with Crippen molar-refractivity contribution in [1.29, 1.82) is 0 Å². The Kier molecular flexibility index (Phi) is 7.53. The molecule has 0 spiro atoms. The lowest BCUT2D eigenvalue weighted by Gasteiger charge is -2.26. The van der Waals surface area contributed by atoms with E-state index in [2.05, 4.69) is 48.9 Å². The van der Waals surface area contributed by atoms with Gasteiger partial charge in [-0.3, -0.25) is 4.79 Å². The second-order valence-corrected chi connectivity index (χ2v) is 10.8. The number of carbonyl (C=O) groups is 1. The highest BCUT2D eigenvalue weighted by Gasteiger charge is 2.27. The van der Waals surface area contributed by atoms with Crippen molar-refractivity contribution in [1.82, 2.24) is 4.57 Å². The van der Waals surface area contributed by atoms with E-state index in [9.17, 15) is 4.79 Å². The summed E-state index contributed by atoms with van der Waals surface area (Å²) in [7, 11) is 0. The fourth-order valence-corrected chi connectivity index (χ4v) is 6.12. The molecule has 1 heterocycles. The number of carbonyl (C=O) groups excluding carboxylic acids is 1. The third-order valence-corrected chi connectivity index (χ3v) is 8.06. The average Bonchev–Trinajstić information content (AvgIpc) is 3.12. The van der Waals surface area contributed by atoms with Crippen LogP contribution in [0.25, 0.3) is 10.9 Å². The highest BCUT2D eigenvalue weighted by atomic mass is 16.1. The van der Waals surface area contributed by atoms with Crippen molar-refractivity contribution in [2.45, 2.75) is 103 Å². The van der Waals surface area contributed by atoms with Gasteiger partial charge in [-0.15, -0.1) is 0 Å². The molecule has 4 rings (SSSR count). The number of hydrogen-bond donors (Lipinski definition) is 1. The van der Waals surface area contributed by atoms with Crippen LogP contribution in [0.2, 0.25) is 0 Å². The number of nitrogens with two attached hydrogens (primary N) is 1. The molecule has 1 aromatic heterocycles. The fraction of sp³-hybridized carbons (Fsp3) is 0.679. The van der Waals surface area contributed by atoms with Crippen molar-refractivity contribution >= 4 is 16.7 Å². The van der Waals surface area contributed by atoms with Crippen LogP contribution < -0.4 is 5.73 Å². The number of aromatic nitrogens is 1. The van der Waals surface area contributed by atoms with Crippen LogP contribution in [-0.4, -0.2) is 16.4 Å². The Hall–Kier alpha value is -1.61. The maximum atomic E-state index is 13.1. The average molecular weight is 423 g/mol. The first-order chi connectivity index (χ1) is 15.0. The second-order valence-electron chi connectivity index (χ2n) is 10.8. The first-order valence-electron chi connectivity index (χ1n) is 12.9. The number of rotatable bonds is 8. The third kappa shape index (κ3) is 5.61. The van der Waals surface area contributed by atoms with Crippen LogP contribution in [0.3, 0.4) is 0 Å². The maximum Gasteiger partial charge on any atom is 0.133 e. The van der Waals surface area contributed by atoms with E-state index in [4.69, 9.17) is 5.73 Å². The van der Waals surface area contributed by atoms with Gasteiger partial charge in [-0.05, 0) is 73.8 Å². The van der Waals surface area contributed by atoms with E-state index < -0.39 is 0 Å². The standard InChI is InChI=1S/C28H42N2O/c1-20(2)26(17-24(31)16-21-12-14-23(29)15-13-21)27-19-30(18-22-8-4-3-5-9-22)28-11-7-6-10-25(27)28/h6-7,10-11,19-23,26H,3-5,8-9,12-18,29H2,1-2H3. The molecule has 0 saturated heterocycles. The highest BCUT2D eigenvalue weighted by molar-refractivity contribution is 5.86. The molecule has 170 valence electrons. The van der Waals surface area contributed by atoms with Crippen molar-refractivity contribution in [3.8, 4) is 0 Å². The van der Waals surface area contributed by atoms with Gasteiger partial charge < -0.3 is 10.3 Å². The Balaban J connectivity index is 1.52. The van der Waals surface area contributed by atoms with Crippen LogP contribution in [0.5, 0.6) is 0 Å². The van der Waals surface area contributed by atoms with Crippen molar-refractivity contribution in [3.05, 3.63) is 36.0 Å². The Morgan fingerprint density at radius 3 is 2.42 bits per heavy atom. The number of nitrogens with zero attached hydrogens (tertiary/aromatic N) is 1. The van der Waals surface area contributed by atoms with E-state index in [1.807, 2.05) is 0 Å². The summed E-state index contributed by atoms with van der Waals surface area (Å²) in [5, 5.41) is 1.36. The molecule has 3 nitrogen and oxygen atoms in total. The molecule has 2 N–H and O–H groups in total. The zero-order chi connectivity index (χ0) is 21.8. The van der Waals surface area contributed by atoms with E-state index in [1.54, 1.807) is 0 Å². The first-order valence-corrected chi connectivity index (χ1v) is 12.9. The molecule has 31 heavy (non-hydrogen) atoms. The van der Waals surface area contributed by atoms with Crippen LogP contribution in [0.4, 0.5) is 0 Å². The van der Waals surface area contributed by atoms with Gasteiger partial charge in [0, 0.05) is 42.5 Å². The first kappa shape index (κ1) is 22.6. The van der Waals surface area contributed by atoms with E-state index in [0.29, 0.717) is 36.0 Å². The van der Waals surface area contributed by atoms with Gasteiger partial charge >= 0.3 is 0 Å². The number of fused-ring (bicyclic) bond motifs is 1. The van der Waals surface area contributed by atoms with Gasteiger partial charge in [0.15, 0.2) is 0 Å². The normalized spacial score (nSPS) is 24.0. The molecule has 3 heteroatoms. The summed E-state index contributed by atoms with van der Waals surface area (Å²) in [5.74, 6) is 2.55. The molecule has 0 aliphatic heterocycles. The van der Waals surface area contributed by atoms with E-state index >= 15 is 0 Å². The van der Waals surface area contributed by atoms with Crippen LogP contribution in [0.15, 0.2) is 30.5 Å². The molecule has 2 fully saturated rings. The number of Topliss-reactive ketones (excluding diaryl/α,β-unsaturated/α-hetero) is 1. The molecule has 1 unspecified atom stereocenters. The van der Waals surface area contributed by atoms with Crippen molar-refractivity contribution in [2.24, 2.45) is 23.5 Å². The third-order valence-electron chi connectivity index (χ3n) is 8.06. The van der Waals surface area contributed by atoms with Gasteiger partial charge in [0.05, 0.1) is 0 Å². The maximum absolute atomic E-state index is 13.1. The molecule has 0 amide bonds. The summed E-state index contributed by atoms with van der Waals surface area (Å²) in [6.07, 6.45) is 15.1. The number of para-hydroxylation sites is 1. The predicted octanol–water partition coefficient (Wildman–Crippen LogP) is 6.83. The zero-order valence-electron chi connectivity index (χ0n) is 19.7. The summed E-state index contributed by atoms with van der Waals surface area (Å²) in [5.41, 5.74) is 8.80. The highest BCUT2D eigenvalue weighted by Crippen LogP contribution is 2.37. The van der Waals surface area contributed by atoms with Gasteiger partial charge in [0.2, 0.25) is 0 Å². The van der Waals surface area contributed by atoms with Gasteiger partial charge in [0.25, 0.3) is 0 Å². The van der Waals surface area contributed by atoms with Crippen molar-refractivity contribution in [3.63, 3.8) is 0 Å². The molecule has 2 aromatic rings. The van der Waals surface area contributed by atoms with Crippen LogP contribution in [-0.2, 0) is 11.3 Å². The van der Waals surface area contributed by atoms with Crippen LogP contribution >= 0.6 is 0 Å². The smallest absolute Gasteiger partial charge is 0.133 e. The molecule has 0 bridgehead atoms. The Morgan fingerprint density at radius 1 is 1.00 bits per heavy atom. The summed E-state index contributed by atoms with van der Waals surface area (Å²) < 4.78 is 2.50. The van der Waals surface area contributed by atoms with Crippen molar-refractivity contribution in [2.75, 3.05) is 0 Å². The minimum atomic E-state index is 0.302. The zero-order valence-corrected chi connectivity index (χ0v) is 19.7. The SMILES string of the molecule is CC(C)C(CC(=O)CC1CCC(N)CC1)c1cn(CC2CCCCC2)c2ccccc12. The largest absolute Gasteiger partial charge is 0.347 e. The number of hydrogen-bond acceptors (Lipinski definition) is 2. The molecular weight excluding hydrogens is 380 g/mol. The minimum absolute atomic E-state index is 0.302.